The molecule has 4 heteroatoms. The Morgan fingerprint density at radius 1 is 1.05 bits per heavy atom. The fourth-order valence-electron chi connectivity index (χ4n) is 3.96. The van der Waals surface area contributed by atoms with Crippen LogP contribution in [0.3, 0.4) is 0 Å². The first-order valence-electron chi connectivity index (χ1n) is 8.40. The average Bonchev–Trinajstić information content (AvgIpc) is 2.86. The molecule has 0 amide bonds. The molecule has 0 N–H and O–H groups in total. The number of hydrogen-bond donors (Lipinski definition) is 0. The zero-order valence-corrected chi connectivity index (χ0v) is 12.6. The number of rotatable bonds is 3. The van der Waals surface area contributed by atoms with Gasteiger partial charge in [0.05, 0.1) is 13.2 Å². The number of carbonyl (C=O) groups excluding carboxylic acids is 1. The highest BCUT2D eigenvalue weighted by molar-refractivity contribution is 5.81. The highest BCUT2D eigenvalue weighted by atomic mass is 16.5. The van der Waals surface area contributed by atoms with E-state index in [0.29, 0.717) is 17.7 Å². The zero-order valence-electron chi connectivity index (χ0n) is 12.6. The Morgan fingerprint density at radius 2 is 1.90 bits per heavy atom. The number of likely N-dealkylation sites (tertiary alicyclic amines) is 1. The lowest BCUT2D eigenvalue weighted by Gasteiger charge is -2.32. The first-order chi connectivity index (χ1) is 9.83. The summed E-state index contributed by atoms with van der Waals surface area (Å²) in [4.78, 5) is 17.2. The number of Topliss-reactive ketones (excluding diaryl/α,β-unsaturated/α-hetero) is 1. The molecule has 2 unspecified atom stereocenters. The van der Waals surface area contributed by atoms with E-state index in [1.807, 2.05) is 0 Å². The van der Waals surface area contributed by atoms with Crippen LogP contribution in [0, 0.1) is 5.92 Å². The van der Waals surface area contributed by atoms with E-state index in [0.717, 1.165) is 58.7 Å². The van der Waals surface area contributed by atoms with Gasteiger partial charge in [-0.15, -0.1) is 0 Å². The molecule has 1 saturated carbocycles. The minimum Gasteiger partial charge on any atom is -0.379 e. The van der Waals surface area contributed by atoms with Crippen molar-refractivity contribution < 1.29 is 9.53 Å². The second kappa shape index (κ2) is 7.01. The standard InChI is InChI=1S/C16H28N2O2/c19-16-5-3-1-2-4-14(16)12-17-7-6-15(13-17)18-8-10-20-11-9-18/h14-15H,1-13H2. The molecular formula is C16H28N2O2. The fourth-order valence-corrected chi connectivity index (χ4v) is 3.96. The molecule has 3 fully saturated rings. The molecule has 3 rings (SSSR count). The van der Waals surface area contributed by atoms with Gasteiger partial charge < -0.3 is 9.64 Å². The quantitative estimate of drug-likeness (QED) is 0.734. The third-order valence-corrected chi connectivity index (χ3v) is 5.22. The lowest BCUT2D eigenvalue weighted by Crippen LogP contribution is -2.45. The van der Waals surface area contributed by atoms with Crippen LogP contribution in [0.5, 0.6) is 0 Å². The average molecular weight is 280 g/mol. The smallest absolute Gasteiger partial charge is 0.137 e. The number of carbonyl (C=O) groups is 1. The van der Waals surface area contributed by atoms with E-state index in [4.69, 9.17) is 4.74 Å². The highest BCUT2D eigenvalue weighted by Gasteiger charge is 2.31. The molecule has 20 heavy (non-hydrogen) atoms. The van der Waals surface area contributed by atoms with Gasteiger partial charge >= 0.3 is 0 Å². The molecule has 114 valence electrons. The van der Waals surface area contributed by atoms with Crippen LogP contribution in [0.2, 0.25) is 0 Å². The third kappa shape index (κ3) is 3.60. The van der Waals surface area contributed by atoms with Gasteiger partial charge in [-0.05, 0) is 25.8 Å². The van der Waals surface area contributed by atoms with Crippen LogP contribution in [-0.2, 0) is 9.53 Å². The lowest BCUT2D eigenvalue weighted by molar-refractivity contribution is -0.123. The number of hydrogen-bond acceptors (Lipinski definition) is 4. The van der Waals surface area contributed by atoms with Crippen molar-refractivity contribution in [3.05, 3.63) is 0 Å². The first-order valence-corrected chi connectivity index (χ1v) is 8.40. The van der Waals surface area contributed by atoms with Crippen molar-refractivity contribution in [3.63, 3.8) is 0 Å². The van der Waals surface area contributed by atoms with Gasteiger partial charge in [-0.25, -0.2) is 0 Å². The van der Waals surface area contributed by atoms with Gasteiger partial charge in [0.1, 0.15) is 5.78 Å². The van der Waals surface area contributed by atoms with Crippen LogP contribution < -0.4 is 0 Å². The minimum absolute atomic E-state index is 0.320. The molecule has 2 saturated heterocycles. The highest BCUT2D eigenvalue weighted by Crippen LogP contribution is 2.24. The molecule has 1 aliphatic carbocycles. The maximum absolute atomic E-state index is 12.1. The van der Waals surface area contributed by atoms with Crippen LogP contribution in [-0.4, -0.2) is 67.6 Å². The minimum atomic E-state index is 0.320. The second-order valence-electron chi connectivity index (χ2n) is 6.61. The summed E-state index contributed by atoms with van der Waals surface area (Å²) in [6.07, 6.45) is 6.82. The Hall–Kier alpha value is -0.450. The van der Waals surface area contributed by atoms with Gasteiger partial charge in [-0.1, -0.05) is 12.8 Å². The van der Waals surface area contributed by atoms with E-state index in [2.05, 4.69) is 9.80 Å². The van der Waals surface area contributed by atoms with E-state index < -0.39 is 0 Å². The Balaban J connectivity index is 1.48. The SMILES string of the molecule is O=C1CCCCCC1CN1CCC(N2CCOCC2)C1. The van der Waals surface area contributed by atoms with Crippen molar-refractivity contribution in [1.82, 2.24) is 9.80 Å². The zero-order chi connectivity index (χ0) is 13.8. The lowest BCUT2D eigenvalue weighted by atomic mass is 9.98. The largest absolute Gasteiger partial charge is 0.379 e. The van der Waals surface area contributed by atoms with Crippen molar-refractivity contribution in [1.29, 1.82) is 0 Å². The molecule has 2 aliphatic heterocycles. The molecule has 0 radical (unpaired) electrons. The Labute approximate surface area is 122 Å². The topological polar surface area (TPSA) is 32.8 Å². The van der Waals surface area contributed by atoms with Crippen molar-refractivity contribution in [3.8, 4) is 0 Å². The second-order valence-corrected chi connectivity index (χ2v) is 6.61. The predicted molar refractivity (Wildman–Crippen MR) is 78.8 cm³/mol. The summed E-state index contributed by atoms with van der Waals surface area (Å²) in [5.41, 5.74) is 0. The summed E-state index contributed by atoms with van der Waals surface area (Å²) in [6.45, 7) is 7.28. The first kappa shape index (κ1) is 14.5. The van der Waals surface area contributed by atoms with Crippen molar-refractivity contribution in [2.75, 3.05) is 45.9 Å². The van der Waals surface area contributed by atoms with Crippen molar-refractivity contribution in [2.24, 2.45) is 5.92 Å². The molecule has 0 aromatic heterocycles. The molecule has 0 spiro atoms. The van der Waals surface area contributed by atoms with Crippen LogP contribution in [0.4, 0.5) is 0 Å². The molecule has 4 nitrogen and oxygen atoms in total. The Bertz CT molecular complexity index is 328. The molecule has 3 aliphatic rings. The van der Waals surface area contributed by atoms with Gasteiger partial charge in [0.25, 0.3) is 0 Å². The number of ketones is 1. The molecule has 2 atom stereocenters. The summed E-state index contributed by atoms with van der Waals surface area (Å²) < 4.78 is 5.44. The third-order valence-electron chi connectivity index (χ3n) is 5.22. The van der Waals surface area contributed by atoms with Gasteiger partial charge in [-0.3, -0.25) is 9.69 Å². The predicted octanol–water partition coefficient (Wildman–Crippen LogP) is 1.54. The summed E-state index contributed by atoms with van der Waals surface area (Å²) in [6, 6.07) is 0.694. The van der Waals surface area contributed by atoms with Gasteiger partial charge in [0.2, 0.25) is 0 Å². The molecule has 0 aromatic carbocycles. The molecular weight excluding hydrogens is 252 g/mol. The van der Waals surface area contributed by atoms with Gasteiger partial charge in [0.15, 0.2) is 0 Å². The number of nitrogens with zero attached hydrogens (tertiary/aromatic N) is 2. The molecule has 2 heterocycles. The normalized spacial score (nSPS) is 34.3. The molecule has 0 bridgehead atoms. The van der Waals surface area contributed by atoms with E-state index in [-0.39, 0.29) is 0 Å². The maximum atomic E-state index is 12.1. The van der Waals surface area contributed by atoms with Crippen LogP contribution in [0.25, 0.3) is 0 Å². The van der Waals surface area contributed by atoms with E-state index >= 15 is 0 Å². The van der Waals surface area contributed by atoms with Gasteiger partial charge in [0, 0.05) is 44.6 Å². The van der Waals surface area contributed by atoms with Gasteiger partial charge in [-0.2, -0.15) is 0 Å². The van der Waals surface area contributed by atoms with E-state index in [9.17, 15) is 4.79 Å². The summed E-state index contributed by atoms with van der Waals surface area (Å²) >= 11 is 0. The summed E-state index contributed by atoms with van der Waals surface area (Å²) in [7, 11) is 0. The number of morpholine rings is 1. The summed E-state index contributed by atoms with van der Waals surface area (Å²) in [5, 5.41) is 0. The van der Waals surface area contributed by atoms with Crippen molar-refractivity contribution in [2.45, 2.75) is 44.6 Å². The van der Waals surface area contributed by atoms with Crippen molar-refractivity contribution >= 4 is 5.78 Å². The maximum Gasteiger partial charge on any atom is 0.137 e. The fraction of sp³-hybridized carbons (Fsp3) is 0.938. The van der Waals surface area contributed by atoms with E-state index in [1.165, 1.54) is 25.8 Å². The van der Waals surface area contributed by atoms with Crippen LogP contribution in [0.15, 0.2) is 0 Å². The summed E-state index contributed by atoms with van der Waals surface area (Å²) in [5.74, 6) is 0.846. The van der Waals surface area contributed by atoms with Crippen LogP contribution >= 0.6 is 0 Å². The monoisotopic (exact) mass is 280 g/mol. The van der Waals surface area contributed by atoms with E-state index in [1.54, 1.807) is 0 Å². The molecule has 0 aromatic rings. The van der Waals surface area contributed by atoms with Crippen LogP contribution in [0.1, 0.15) is 38.5 Å². The Kier molecular flexibility index (Phi) is 5.08. The Morgan fingerprint density at radius 3 is 2.75 bits per heavy atom. The number of ether oxygens (including phenoxy) is 1.